The minimum Gasteiger partial charge on any atom is -0.353 e. The minimum absolute atomic E-state index is 0.0399. The van der Waals surface area contributed by atoms with E-state index in [4.69, 9.17) is 9.47 Å². The van der Waals surface area contributed by atoms with Gasteiger partial charge in [0.05, 0.1) is 0 Å². The maximum Gasteiger partial charge on any atom is 0.157 e. The molecule has 0 heterocycles. The maximum absolute atomic E-state index is 5.65. The quantitative estimate of drug-likeness (QED) is 0.397. The zero-order valence-electron chi connectivity index (χ0n) is 10.1. The molecule has 0 atom stereocenters. The van der Waals surface area contributed by atoms with Crippen LogP contribution in [0, 0.1) is 0 Å². The van der Waals surface area contributed by atoms with Gasteiger partial charge in [0.2, 0.25) is 0 Å². The van der Waals surface area contributed by atoms with E-state index in [9.17, 15) is 0 Å². The topological polar surface area (TPSA) is 18.5 Å². The van der Waals surface area contributed by atoms with Crippen LogP contribution in [0.25, 0.3) is 0 Å². The monoisotopic (exact) mass is 202 g/mol. The van der Waals surface area contributed by atoms with Gasteiger partial charge in [-0.15, -0.1) is 0 Å². The van der Waals surface area contributed by atoms with Crippen LogP contribution in [-0.4, -0.2) is 19.5 Å². The SMILES string of the molecule is CCCCOC(CCC)OCCCC. The third kappa shape index (κ3) is 8.52. The van der Waals surface area contributed by atoms with Crippen molar-refractivity contribution in [2.24, 2.45) is 0 Å². The van der Waals surface area contributed by atoms with Gasteiger partial charge >= 0.3 is 0 Å². The molecule has 0 aromatic rings. The molecule has 0 radical (unpaired) electrons. The highest BCUT2D eigenvalue weighted by Crippen LogP contribution is 2.06. The molecular weight excluding hydrogens is 176 g/mol. The van der Waals surface area contributed by atoms with Gasteiger partial charge in [-0.25, -0.2) is 0 Å². The Labute approximate surface area is 89.0 Å². The average molecular weight is 202 g/mol. The molecule has 0 rings (SSSR count). The number of unbranched alkanes of at least 4 members (excludes halogenated alkanes) is 2. The zero-order valence-corrected chi connectivity index (χ0v) is 10.1. The highest BCUT2D eigenvalue weighted by molar-refractivity contribution is 4.45. The molecule has 0 saturated carbocycles. The van der Waals surface area contributed by atoms with Crippen LogP contribution in [0.1, 0.15) is 59.3 Å². The van der Waals surface area contributed by atoms with Crippen LogP contribution in [-0.2, 0) is 9.47 Å². The zero-order chi connectivity index (χ0) is 10.6. The van der Waals surface area contributed by atoms with Crippen LogP contribution in [0.5, 0.6) is 0 Å². The van der Waals surface area contributed by atoms with Crippen molar-refractivity contribution in [1.29, 1.82) is 0 Å². The summed E-state index contributed by atoms with van der Waals surface area (Å²) < 4.78 is 11.3. The van der Waals surface area contributed by atoms with Crippen LogP contribution in [0.2, 0.25) is 0 Å². The lowest BCUT2D eigenvalue weighted by atomic mass is 10.3. The number of hydrogen-bond donors (Lipinski definition) is 0. The molecule has 0 unspecified atom stereocenters. The number of hydrogen-bond acceptors (Lipinski definition) is 2. The smallest absolute Gasteiger partial charge is 0.157 e. The Morgan fingerprint density at radius 3 is 1.64 bits per heavy atom. The molecule has 2 nitrogen and oxygen atoms in total. The molecule has 14 heavy (non-hydrogen) atoms. The minimum atomic E-state index is 0.0399. The lowest BCUT2D eigenvalue weighted by Gasteiger charge is -2.17. The predicted octanol–water partition coefficient (Wildman–Crippen LogP) is 3.75. The summed E-state index contributed by atoms with van der Waals surface area (Å²) in [6, 6.07) is 0. The average Bonchev–Trinajstić information content (AvgIpc) is 2.18. The second kappa shape index (κ2) is 11.0. The van der Waals surface area contributed by atoms with E-state index in [1.165, 1.54) is 12.8 Å². The largest absolute Gasteiger partial charge is 0.353 e. The van der Waals surface area contributed by atoms with Crippen molar-refractivity contribution in [1.82, 2.24) is 0 Å². The van der Waals surface area contributed by atoms with Gasteiger partial charge in [-0.2, -0.15) is 0 Å². The van der Waals surface area contributed by atoms with E-state index in [1.807, 2.05) is 0 Å². The molecule has 0 aliphatic heterocycles. The van der Waals surface area contributed by atoms with Crippen molar-refractivity contribution in [3.8, 4) is 0 Å². The Morgan fingerprint density at radius 2 is 1.29 bits per heavy atom. The van der Waals surface area contributed by atoms with Gasteiger partial charge in [0.15, 0.2) is 6.29 Å². The van der Waals surface area contributed by atoms with E-state index in [0.717, 1.165) is 38.9 Å². The highest BCUT2D eigenvalue weighted by atomic mass is 16.7. The lowest BCUT2D eigenvalue weighted by Crippen LogP contribution is -2.18. The second-order valence-corrected chi connectivity index (χ2v) is 3.67. The first-order chi connectivity index (χ1) is 6.85. The molecule has 0 aliphatic carbocycles. The summed E-state index contributed by atoms with van der Waals surface area (Å²) in [5.41, 5.74) is 0. The first-order valence-electron chi connectivity index (χ1n) is 6.08. The van der Waals surface area contributed by atoms with Gasteiger partial charge in [-0.3, -0.25) is 0 Å². The van der Waals surface area contributed by atoms with Gasteiger partial charge in [0.25, 0.3) is 0 Å². The summed E-state index contributed by atoms with van der Waals surface area (Å²) in [6.07, 6.45) is 6.84. The molecule has 0 saturated heterocycles. The Kier molecular flexibility index (Phi) is 10.9. The number of rotatable bonds is 10. The first kappa shape index (κ1) is 13.9. The standard InChI is InChI=1S/C12H26O2/c1-4-7-10-13-12(9-6-3)14-11-8-5-2/h12H,4-11H2,1-3H3. The first-order valence-corrected chi connectivity index (χ1v) is 6.08. The summed E-state index contributed by atoms with van der Waals surface area (Å²) in [5, 5.41) is 0. The van der Waals surface area contributed by atoms with Crippen molar-refractivity contribution < 1.29 is 9.47 Å². The van der Waals surface area contributed by atoms with Gasteiger partial charge in [0.1, 0.15) is 0 Å². The third-order valence-electron chi connectivity index (χ3n) is 2.13. The van der Waals surface area contributed by atoms with Crippen molar-refractivity contribution in [2.75, 3.05) is 13.2 Å². The molecule has 0 fully saturated rings. The fourth-order valence-corrected chi connectivity index (χ4v) is 1.17. The highest BCUT2D eigenvalue weighted by Gasteiger charge is 2.06. The van der Waals surface area contributed by atoms with Crippen LogP contribution in [0.15, 0.2) is 0 Å². The van der Waals surface area contributed by atoms with Gasteiger partial charge < -0.3 is 9.47 Å². The molecule has 0 aliphatic rings. The molecule has 0 bridgehead atoms. The molecule has 0 aromatic carbocycles. The summed E-state index contributed by atoms with van der Waals surface area (Å²) in [6.45, 7) is 8.20. The van der Waals surface area contributed by atoms with Gasteiger partial charge in [-0.05, 0) is 19.3 Å². The normalized spacial score (nSPS) is 11.1. The second-order valence-electron chi connectivity index (χ2n) is 3.67. The van der Waals surface area contributed by atoms with Crippen molar-refractivity contribution in [3.05, 3.63) is 0 Å². The summed E-state index contributed by atoms with van der Waals surface area (Å²) in [4.78, 5) is 0. The lowest BCUT2D eigenvalue weighted by molar-refractivity contribution is -0.147. The molecule has 0 spiro atoms. The van der Waals surface area contributed by atoms with Crippen molar-refractivity contribution >= 4 is 0 Å². The molecule has 0 aromatic heterocycles. The Bertz CT molecular complexity index is 94.5. The summed E-state index contributed by atoms with van der Waals surface area (Å²) in [7, 11) is 0. The van der Waals surface area contributed by atoms with Crippen LogP contribution in [0.3, 0.4) is 0 Å². The van der Waals surface area contributed by atoms with Gasteiger partial charge in [-0.1, -0.05) is 40.0 Å². The predicted molar refractivity (Wildman–Crippen MR) is 60.4 cm³/mol. The van der Waals surface area contributed by atoms with E-state index in [2.05, 4.69) is 20.8 Å². The molecule has 0 N–H and O–H groups in total. The van der Waals surface area contributed by atoms with Crippen LogP contribution >= 0.6 is 0 Å². The summed E-state index contributed by atoms with van der Waals surface area (Å²) >= 11 is 0. The Balaban J connectivity index is 3.44. The fraction of sp³-hybridized carbons (Fsp3) is 1.00. The Morgan fingerprint density at radius 1 is 0.786 bits per heavy atom. The maximum atomic E-state index is 5.65. The van der Waals surface area contributed by atoms with E-state index >= 15 is 0 Å². The Hall–Kier alpha value is -0.0800. The van der Waals surface area contributed by atoms with E-state index < -0.39 is 0 Å². The third-order valence-corrected chi connectivity index (χ3v) is 2.13. The van der Waals surface area contributed by atoms with E-state index in [-0.39, 0.29) is 6.29 Å². The fourth-order valence-electron chi connectivity index (χ4n) is 1.17. The molecule has 86 valence electrons. The summed E-state index contributed by atoms with van der Waals surface area (Å²) in [5.74, 6) is 0. The molecule has 2 heteroatoms. The van der Waals surface area contributed by atoms with Crippen LogP contribution < -0.4 is 0 Å². The molecular formula is C12H26O2. The van der Waals surface area contributed by atoms with Crippen molar-refractivity contribution in [3.63, 3.8) is 0 Å². The number of ether oxygens (including phenoxy) is 2. The van der Waals surface area contributed by atoms with E-state index in [0.29, 0.717) is 0 Å². The van der Waals surface area contributed by atoms with Crippen LogP contribution in [0.4, 0.5) is 0 Å². The van der Waals surface area contributed by atoms with E-state index in [1.54, 1.807) is 0 Å². The molecule has 0 amide bonds. The van der Waals surface area contributed by atoms with Gasteiger partial charge in [0, 0.05) is 13.2 Å². The van der Waals surface area contributed by atoms with Crippen molar-refractivity contribution in [2.45, 2.75) is 65.6 Å².